The number of Topliss-reactive ketones (excluding diaryl/α,β-unsaturated/α-hetero) is 1. The molecule has 322 valence electrons. The Bertz CT molecular complexity index is 2080. The zero-order valence-electron chi connectivity index (χ0n) is 34.9. The lowest BCUT2D eigenvalue weighted by molar-refractivity contribution is -0.160. The number of hydrogen-bond donors (Lipinski definition) is 7. The van der Waals surface area contributed by atoms with Gasteiger partial charge >= 0.3 is 11.8 Å². The van der Waals surface area contributed by atoms with Gasteiger partial charge in [0.2, 0.25) is 0 Å². The van der Waals surface area contributed by atoms with Gasteiger partial charge in [0.15, 0.2) is 5.75 Å². The Morgan fingerprint density at radius 2 is 1.63 bits per heavy atom. The molecule has 4 heterocycles. The van der Waals surface area contributed by atoms with Crippen LogP contribution in [0.3, 0.4) is 0 Å². The van der Waals surface area contributed by atoms with Gasteiger partial charge in [-0.1, -0.05) is 45.9 Å². The number of hydrazine groups is 1. The van der Waals surface area contributed by atoms with E-state index >= 15 is 0 Å². The summed E-state index contributed by atoms with van der Waals surface area (Å²) in [5.74, 6) is -2.57. The number of nitrogens with one attached hydrogen (secondary N) is 1. The zero-order valence-corrected chi connectivity index (χ0v) is 34.9. The summed E-state index contributed by atoms with van der Waals surface area (Å²) in [6.45, 7) is 14.3. The van der Waals surface area contributed by atoms with Gasteiger partial charge in [-0.15, -0.1) is 0 Å². The fourth-order valence-electron chi connectivity index (χ4n) is 7.84. The number of aromatic hydroxyl groups is 3. The number of anilines is 1. The van der Waals surface area contributed by atoms with Crippen LogP contribution < -0.4 is 15.9 Å². The van der Waals surface area contributed by atoms with Gasteiger partial charge in [0.1, 0.15) is 23.4 Å². The molecule has 0 spiro atoms. The van der Waals surface area contributed by atoms with E-state index in [1.807, 2.05) is 0 Å². The molecule has 1 fully saturated rings. The number of aliphatic hydroxyl groups excluding tert-OH is 2. The van der Waals surface area contributed by atoms with Gasteiger partial charge in [0.05, 0.1) is 66.1 Å². The molecule has 4 aliphatic heterocycles. The lowest BCUT2D eigenvalue weighted by Gasteiger charge is -2.38. The highest BCUT2D eigenvalue weighted by Crippen LogP contribution is 2.55. The fraction of sp³-hybridized carbons (Fsp3) is 0.524. The monoisotopic (exact) mass is 823 g/mol. The van der Waals surface area contributed by atoms with Gasteiger partial charge in [-0.3, -0.25) is 25.2 Å². The fourth-order valence-corrected chi connectivity index (χ4v) is 7.84. The highest BCUT2D eigenvalue weighted by atomic mass is 16.7. The number of ether oxygens (including phenoxy) is 4. The van der Waals surface area contributed by atoms with Crippen molar-refractivity contribution in [1.29, 1.82) is 0 Å². The van der Waals surface area contributed by atoms with Crippen molar-refractivity contribution in [2.24, 2.45) is 34.6 Å². The highest BCUT2D eigenvalue weighted by Gasteiger charge is 2.50. The minimum absolute atomic E-state index is 0.0441. The van der Waals surface area contributed by atoms with Crippen LogP contribution in [0.15, 0.2) is 41.2 Å². The van der Waals surface area contributed by atoms with Crippen molar-refractivity contribution >= 4 is 40.3 Å². The third-order valence-corrected chi connectivity index (χ3v) is 11.7. The lowest BCUT2D eigenvalue weighted by Crippen LogP contribution is -2.47. The minimum atomic E-state index is -2.05. The second-order valence-corrected chi connectivity index (χ2v) is 15.9. The third kappa shape index (κ3) is 8.89. The normalized spacial score (nSPS) is 32.1. The largest absolute Gasteiger partial charge is 0.507 e. The van der Waals surface area contributed by atoms with Crippen LogP contribution >= 0.6 is 0 Å². The average molecular weight is 824 g/mol. The Hall–Kier alpha value is -5.20. The molecule has 1 amide bonds. The number of aliphatic hydroxyl groups is 2. The van der Waals surface area contributed by atoms with Crippen LogP contribution in [0, 0.1) is 30.6 Å². The molecule has 0 aliphatic carbocycles. The van der Waals surface area contributed by atoms with Crippen molar-refractivity contribution in [3.05, 3.63) is 52.8 Å². The first-order chi connectivity index (χ1) is 27.7. The Morgan fingerprint density at radius 1 is 0.966 bits per heavy atom. The third-order valence-electron chi connectivity index (χ3n) is 11.7. The highest BCUT2D eigenvalue weighted by molar-refractivity contribution is 6.23. The Morgan fingerprint density at radius 3 is 2.25 bits per heavy atom. The van der Waals surface area contributed by atoms with Crippen LogP contribution in [0.2, 0.25) is 0 Å². The summed E-state index contributed by atoms with van der Waals surface area (Å²) < 4.78 is 23.6. The van der Waals surface area contributed by atoms with E-state index in [9.17, 15) is 39.9 Å². The molecule has 0 radical (unpaired) electrons. The van der Waals surface area contributed by atoms with E-state index in [1.54, 1.807) is 49.9 Å². The smallest absolute Gasteiger partial charge is 0.312 e. The molecule has 4 aliphatic rings. The maximum absolute atomic E-state index is 14.4. The molecule has 9 unspecified atom stereocenters. The Balaban J connectivity index is 1.70. The maximum atomic E-state index is 14.4. The van der Waals surface area contributed by atoms with Crippen molar-refractivity contribution in [2.75, 3.05) is 38.6 Å². The van der Waals surface area contributed by atoms with Crippen molar-refractivity contribution in [2.45, 2.75) is 85.6 Å². The van der Waals surface area contributed by atoms with E-state index in [2.05, 4.69) is 10.4 Å². The van der Waals surface area contributed by atoms with E-state index < -0.39 is 88.8 Å². The maximum Gasteiger partial charge on any atom is 0.312 e. The summed E-state index contributed by atoms with van der Waals surface area (Å²) in [4.78, 5) is 40.5. The first-order valence-corrected chi connectivity index (χ1v) is 19.6. The predicted molar refractivity (Wildman–Crippen MR) is 219 cm³/mol. The number of fused-ring (bicyclic) bond motifs is 14. The number of nitrogens with two attached hydrogens (primary N) is 1. The number of piperazine rings is 1. The van der Waals surface area contributed by atoms with Gasteiger partial charge in [-0.25, -0.2) is 5.01 Å². The summed E-state index contributed by atoms with van der Waals surface area (Å²) in [7, 11) is 1.43. The summed E-state index contributed by atoms with van der Waals surface area (Å²) in [6, 6.07) is 0. The second kappa shape index (κ2) is 18.0. The molecule has 2 aromatic carbocycles. The van der Waals surface area contributed by atoms with Gasteiger partial charge in [-0.2, -0.15) is 5.10 Å². The van der Waals surface area contributed by atoms with E-state index in [0.717, 1.165) is 0 Å². The van der Waals surface area contributed by atoms with Gasteiger partial charge in [0.25, 0.3) is 11.7 Å². The zero-order chi connectivity index (χ0) is 43.7. The van der Waals surface area contributed by atoms with Crippen LogP contribution in [0.25, 0.3) is 10.8 Å². The molecule has 17 heteroatoms. The van der Waals surface area contributed by atoms with Crippen LogP contribution in [0.1, 0.15) is 70.0 Å². The number of hydrogen-bond acceptors (Lipinski definition) is 16. The Kier molecular flexibility index (Phi) is 13.7. The molecule has 5 bridgehead atoms. The molecule has 0 aromatic heterocycles. The minimum Gasteiger partial charge on any atom is -0.507 e. The van der Waals surface area contributed by atoms with Crippen molar-refractivity contribution in [1.82, 2.24) is 10.0 Å². The molecule has 6 rings (SSSR count). The molecule has 1 saturated heterocycles. The topological polar surface area (TPSA) is 246 Å². The number of carbonyl (C=O) groups is 3. The van der Waals surface area contributed by atoms with Crippen LogP contribution in [0.4, 0.5) is 5.69 Å². The molecule has 8 N–H and O–H groups in total. The lowest BCUT2D eigenvalue weighted by atomic mass is 9.78. The number of phenols is 3. The number of esters is 1. The van der Waals surface area contributed by atoms with Crippen molar-refractivity contribution in [3.8, 4) is 23.0 Å². The van der Waals surface area contributed by atoms with E-state index in [1.165, 1.54) is 59.4 Å². The quantitative estimate of drug-likeness (QED) is 0.0766. The number of ketones is 1. The number of nitrogens with zero attached hydrogens (tertiary/aromatic N) is 3. The number of phenolic OH excluding ortho intramolecular Hbond substituents is 3. The van der Waals surface area contributed by atoms with Gasteiger partial charge in [0, 0.05) is 74.2 Å². The summed E-state index contributed by atoms with van der Waals surface area (Å²) in [5, 5.41) is 68.2. The number of hydrazone groups is 1. The SMILES string of the molecule is COC1/C=C/OC2(C)Oc3c(C)c(O)c4c(O)c(c(/C=N/N5CCN(N)CC5)c(O)c4c3C2=O)NC(=O)/C(C)=C\C=C\C(C)C(O)C(C)C(O)C(C)C(OC(C)=O)C1C. The summed E-state index contributed by atoms with van der Waals surface area (Å²) >= 11 is 0. The molecule has 9 atom stereocenters. The average Bonchev–Trinajstić information content (AvgIpc) is 3.46. The summed E-state index contributed by atoms with van der Waals surface area (Å²) in [5.41, 5.74) is -0.448. The summed E-state index contributed by atoms with van der Waals surface area (Å²) in [6.07, 6.45) is 4.75. The molecule has 17 nitrogen and oxygen atoms in total. The number of amides is 1. The standard InChI is InChI=1S/C42H57N5O12/c1-20-11-10-12-21(2)41(55)45-32-27(19-44-47-16-14-46(43)15-17-47)36(52)29-30(37(32)53)35(51)25(6)39-31(29)40(54)42(8,59-39)57-18-13-28(56-9)22(3)38(58-26(7)48)24(5)34(50)23(4)33(20)49/h10-13,18-20,22-24,28,33-34,38,49-53H,14-17,43H2,1-9H3,(H,45,55)/b11-10+,18-13+,21-12-,44-19+. The van der Waals surface area contributed by atoms with Gasteiger partial charge < -0.3 is 49.8 Å². The van der Waals surface area contributed by atoms with Gasteiger partial charge in [-0.05, 0) is 19.9 Å². The predicted octanol–water partition coefficient (Wildman–Crippen LogP) is 3.58. The van der Waals surface area contributed by atoms with E-state index in [4.69, 9.17) is 24.8 Å². The van der Waals surface area contributed by atoms with Crippen LogP contribution in [-0.2, 0) is 23.8 Å². The Labute approximate surface area is 343 Å². The molecular formula is C42H57N5O12. The van der Waals surface area contributed by atoms with Crippen molar-refractivity contribution in [3.63, 3.8) is 0 Å². The number of benzene rings is 2. The second-order valence-electron chi connectivity index (χ2n) is 15.9. The molecule has 0 saturated carbocycles. The van der Waals surface area contributed by atoms with Crippen LogP contribution in [-0.4, -0.2) is 123 Å². The number of carbonyl (C=O) groups excluding carboxylic acids is 3. The first kappa shape index (κ1) is 44.9. The van der Waals surface area contributed by atoms with E-state index in [-0.39, 0.29) is 44.5 Å². The first-order valence-electron chi connectivity index (χ1n) is 19.6. The van der Waals surface area contributed by atoms with Crippen LogP contribution in [0.5, 0.6) is 23.0 Å². The number of methoxy groups -OCH3 is 1. The molecular weight excluding hydrogens is 766 g/mol. The van der Waals surface area contributed by atoms with Crippen molar-refractivity contribution < 1.29 is 58.9 Å². The number of rotatable bonds is 4. The molecule has 59 heavy (non-hydrogen) atoms. The molecule has 2 aromatic rings. The van der Waals surface area contributed by atoms with E-state index in [0.29, 0.717) is 26.2 Å². The number of allylic oxidation sites excluding steroid dienone is 2.